The maximum Gasteiger partial charge on any atom is 0.228 e. The number of amides is 1. The predicted molar refractivity (Wildman–Crippen MR) is 75.9 cm³/mol. The van der Waals surface area contributed by atoms with Crippen molar-refractivity contribution in [1.82, 2.24) is 15.2 Å². The number of pyridine rings is 1. The average molecular weight is 322 g/mol. The predicted octanol–water partition coefficient (Wildman–Crippen LogP) is 2.18. The van der Waals surface area contributed by atoms with Gasteiger partial charge in [-0.05, 0) is 34.8 Å². The van der Waals surface area contributed by atoms with Gasteiger partial charge in [0.2, 0.25) is 5.91 Å². The fourth-order valence-corrected chi connectivity index (χ4v) is 2.22. The Kier molecular flexibility index (Phi) is 3.06. The lowest BCUT2D eigenvalue weighted by atomic mass is 10.2. The minimum absolute atomic E-state index is 0.0210. The highest BCUT2D eigenvalue weighted by atomic mass is 79.9. The molecule has 0 spiro atoms. The summed E-state index contributed by atoms with van der Waals surface area (Å²) in [5, 5.41) is 14.8. The van der Waals surface area contributed by atoms with Crippen LogP contribution in [0.25, 0.3) is 10.9 Å². The summed E-state index contributed by atoms with van der Waals surface area (Å²) in [5.74, 6) is 1.29. The molecule has 1 aliphatic carbocycles. The first-order chi connectivity index (χ1) is 9.19. The van der Waals surface area contributed by atoms with Gasteiger partial charge in [-0.15, -0.1) is 10.2 Å². The van der Waals surface area contributed by atoms with Gasteiger partial charge in [0, 0.05) is 29.0 Å². The van der Waals surface area contributed by atoms with Crippen molar-refractivity contribution >= 4 is 44.4 Å². The molecule has 2 aromatic rings. The second-order valence-corrected chi connectivity index (χ2v) is 5.31. The number of hydrogen-bond donors (Lipinski definition) is 2. The summed E-state index contributed by atoms with van der Waals surface area (Å²) in [4.78, 5) is 15.9. The number of aromatic nitrogens is 3. The molecule has 0 radical (unpaired) electrons. The number of nitrogens with zero attached hydrogens (tertiary/aromatic N) is 3. The molecule has 0 unspecified atom stereocenters. The first kappa shape index (κ1) is 12.3. The zero-order valence-corrected chi connectivity index (χ0v) is 11.9. The number of hydrogen-bond acceptors (Lipinski definition) is 5. The van der Waals surface area contributed by atoms with E-state index in [1.807, 2.05) is 0 Å². The van der Waals surface area contributed by atoms with Crippen LogP contribution in [-0.4, -0.2) is 28.1 Å². The van der Waals surface area contributed by atoms with Crippen LogP contribution in [0.5, 0.6) is 0 Å². The molecule has 6 nitrogen and oxygen atoms in total. The van der Waals surface area contributed by atoms with Gasteiger partial charge < -0.3 is 10.6 Å². The van der Waals surface area contributed by atoms with Crippen LogP contribution < -0.4 is 10.6 Å². The molecule has 2 aromatic heterocycles. The van der Waals surface area contributed by atoms with Gasteiger partial charge in [-0.25, -0.2) is 4.98 Å². The van der Waals surface area contributed by atoms with Gasteiger partial charge in [0.25, 0.3) is 0 Å². The Morgan fingerprint density at radius 2 is 2.21 bits per heavy atom. The summed E-state index contributed by atoms with van der Waals surface area (Å²) in [5.41, 5.74) is 0.668. The lowest BCUT2D eigenvalue weighted by Gasteiger charge is -2.07. The first-order valence-corrected chi connectivity index (χ1v) is 6.79. The molecular weight excluding hydrogens is 310 g/mol. The highest BCUT2D eigenvalue weighted by molar-refractivity contribution is 9.10. The molecule has 0 saturated heterocycles. The number of rotatable bonds is 3. The van der Waals surface area contributed by atoms with E-state index in [0.717, 1.165) is 22.7 Å². The summed E-state index contributed by atoms with van der Waals surface area (Å²) in [6, 6.07) is 1.80. The molecule has 0 aromatic carbocycles. The van der Waals surface area contributed by atoms with Crippen LogP contribution in [0.4, 0.5) is 11.6 Å². The molecule has 1 amide bonds. The SMILES string of the molecule is CNc1ncc(Br)c2cc(NC(=O)C3CC3)nnc12. The Bertz CT molecular complexity index is 656. The molecule has 7 heteroatoms. The number of anilines is 2. The molecule has 3 rings (SSSR count). The first-order valence-electron chi connectivity index (χ1n) is 5.99. The third-order valence-corrected chi connectivity index (χ3v) is 3.65. The van der Waals surface area contributed by atoms with E-state index in [-0.39, 0.29) is 11.8 Å². The van der Waals surface area contributed by atoms with Gasteiger partial charge in [0.1, 0.15) is 5.52 Å². The lowest BCUT2D eigenvalue weighted by molar-refractivity contribution is -0.117. The molecule has 19 heavy (non-hydrogen) atoms. The molecule has 1 aliphatic rings. The molecule has 0 atom stereocenters. The fraction of sp³-hybridized carbons (Fsp3) is 0.333. The van der Waals surface area contributed by atoms with Crippen LogP contribution in [0.2, 0.25) is 0 Å². The van der Waals surface area contributed by atoms with Crippen molar-refractivity contribution in [2.45, 2.75) is 12.8 Å². The highest BCUT2D eigenvalue weighted by Crippen LogP contribution is 2.31. The van der Waals surface area contributed by atoms with Gasteiger partial charge in [-0.2, -0.15) is 0 Å². The van der Waals surface area contributed by atoms with E-state index in [4.69, 9.17) is 0 Å². The number of nitrogens with one attached hydrogen (secondary N) is 2. The third kappa shape index (κ3) is 2.37. The largest absolute Gasteiger partial charge is 0.371 e. The Hall–Kier alpha value is -1.76. The van der Waals surface area contributed by atoms with Crippen molar-refractivity contribution in [3.63, 3.8) is 0 Å². The number of carbonyl (C=O) groups is 1. The Labute approximate surface area is 118 Å². The standard InChI is InChI=1S/C12H12BrN5O/c1-14-11-10-7(8(13)5-15-11)4-9(17-18-10)16-12(19)6-2-3-6/h4-6H,2-3H2,1H3,(H,14,15)(H,16,17,19). The van der Waals surface area contributed by atoms with Crippen molar-refractivity contribution in [1.29, 1.82) is 0 Å². The van der Waals surface area contributed by atoms with Crippen molar-refractivity contribution in [3.05, 3.63) is 16.7 Å². The van der Waals surface area contributed by atoms with E-state index in [1.165, 1.54) is 0 Å². The third-order valence-electron chi connectivity index (χ3n) is 3.02. The molecule has 1 saturated carbocycles. The summed E-state index contributed by atoms with van der Waals surface area (Å²) >= 11 is 3.43. The Balaban J connectivity index is 1.99. The second kappa shape index (κ2) is 4.73. The van der Waals surface area contributed by atoms with Crippen LogP contribution in [0.3, 0.4) is 0 Å². The number of carbonyl (C=O) groups excluding carboxylic acids is 1. The van der Waals surface area contributed by atoms with Crippen LogP contribution in [0.15, 0.2) is 16.7 Å². The molecule has 0 aliphatic heterocycles. The van der Waals surface area contributed by atoms with Crippen LogP contribution in [0, 0.1) is 5.92 Å². The lowest BCUT2D eigenvalue weighted by Crippen LogP contribution is -2.14. The summed E-state index contributed by atoms with van der Waals surface area (Å²) < 4.78 is 0.818. The molecule has 98 valence electrons. The maximum absolute atomic E-state index is 11.7. The number of halogens is 1. The van der Waals surface area contributed by atoms with Crippen molar-refractivity contribution < 1.29 is 4.79 Å². The molecule has 0 bridgehead atoms. The second-order valence-electron chi connectivity index (χ2n) is 4.46. The minimum Gasteiger partial charge on any atom is -0.371 e. The summed E-state index contributed by atoms with van der Waals surface area (Å²) in [7, 11) is 1.78. The van der Waals surface area contributed by atoms with Gasteiger partial charge in [0.05, 0.1) is 0 Å². The maximum atomic E-state index is 11.7. The van der Waals surface area contributed by atoms with E-state index in [2.05, 4.69) is 41.7 Å². The van der Waals surface area contributed by atoms with Crippen LogP contribution >= 0.6 is 15.9 Å². The van der Waals surface area contributed by atoms with Crippen molar-refractivity contribution in [2.75, 3.05) is 17.7 Å². The quantitative estimate of drug-likeness (QED) is 0.905. The monoisotopic (exact) mass is 321 g/mol. The van der Waals surface area contributed by atoms with Gasteiger partial charge in [-0.1, -0.05) is 0 Å². The van der Waals surface area contributed by atoms with Crippen LogP contribution in [0.1, 0.15) is 12.8 Å². The van der Waals surface area contributed by atoms with Crippen molar-refractivity contribution in [2.24, 2.45) is 5.92 Å². The van der Waals surface area contributed by atoms with Gasteiger partial charge >= 0.3 is 0 Å². The van der Waals surface area contributed by atoms with Crippen molar-refractivity contribution in [3.8, 4) is 0 Å². The van der Waals surface area contributed by atoms with Crippen LogP contribution in [-0.2, 0) is 4.79 Å². The molecular formula is C12H12BrN5O. The Morgan fingerprint density at radius 3 is 2.89 bits per heavy atom. The van der Waals surface area contributed by atoms with E-state index in [1.54, 1.807) is 19.3 Å². The smallest absolute Gasteiger partial charge is 0.228 e. The fourth-order valence-electron chi connectivity index (χ4n) is 1.82. The van der Waals surface area contributed by atoms with Gasteiger partial charge in [0.15, 0.2) is 11.6 Å². The summed E-state index contributed by atoms with van der Waals surface area (Å²) in [6.07, 6.45) is 3.62. The normalized spacial score (nSPS) is 14.4. The zero-order valence-electron chi connectivity index (χ0n) is 10.3. The molecule has 2 heterocycles. The highest BCUT2D eigenvalue weighted by Gasteiger charge is 2.29. The van der Waals surface area contributed by atoms with E-state index in [0.29, 0.717) is 17.2 Å². The topological polar surface area (TPSA) is 79.8 Å². The number of fused-ring (bicyclic) bond motifs is 1. The molecule has 2 N–H and O–H groups in total. The average Bonchev–Trinajstić information content (AvgIpc) is 3.24. The van der Waals surface area contributed by atoms with E-state index < -0.39 is 0 Å². The van der Waals surface area contributed by atoms with E-state index in [9.17, 15) is 4.79 Å². The Morgan fingerprint density at radius 1 is 1.42 bits per heavy atom. The molecule has 1 fully saturated rings. The zero-order chi connectivity index (χ0) is 13.4. The minimum atomic E-state index is 0.0210. The van der Waals surface area contributed by atoms with Gasteiger partial charge in [-0.3, -0.25) is 4.79 Å². The summed E-state index contributed by atoms with van der Waals surface area (Å²) in [6.45, 7) is 0. The van der Waals surface area contributed by atoms with E-state index >= 15 is 0 Å².